The number of benzene rings is 1. The lowest BCUT2D eigenvalue weighted by molar-refractivity contribution is 0.0701. The van der Waals surface area contributed by atoms with Crippen LogP contribution in [-0.2, 0) is 6.42 Å². The Balaban J connectivity index is 2.25. The first-order valence-electron chi connectivity index (χ1n) is 6.82. The summed E-state index contributed by atoms with van der Waals surface area (Å²) in [5.74, 6) is -0.0804. The Bertz CT molecular complexity index is 744. The number of carbonyl (C=O) groups is 1. The molecule has 1 aromatic heterocycles. The maximum Gasteiger partial charge on any atom is 0.347 e. The van der Waals surface area contributed by atoms with Crippen LogP contribution in [0, 0.1) is 24.2 Å². The highest BCUT2D eigenvalue weighted by atomic mass is 32.1. The summed E-state index contributed by atoms with van der Waals surface area (Å²) in [5, 5.41) is 18.5. The van der Waals surface area contributed by atoms with Gasteiger partial charge in [0.1, 0.15) is 10.6 Å². The molecule has 0 radical (unpaired) electrons. The molecule has 0 aliphatic heterocycles. The number of hydrogen-bond acceptors (Lipinski definition) is 5. The van der Waals surface area contributed by atoms with E-state index in [1.165, 1.54) is 0 Å². The summed E-state index contributed by atoms with van der Waals surface area (Å²) in [6.07, 6.45) is 0.822. The molecule has 0 atom stereocenters. The van der Waals surface area contributed by atoms with Crippen molar-refractivity contribution in [2.75, 3.05) is 0 Å². The first-order chi connectivity index (χ1) is 10.4. The zero-order chi connectivity index (χ0) is 16.3. The van der Waals surface area contributed by atoms with E-state index >= 15 is 0 Å². The molecule has 0 aliphatic carbocycles. The average molecular weight is 316 g/mol. The quantitative estimate of drug-likeness (QED) is 0.901. The standard InChI is InChI=1S/C16H16N2O3S/c1-9(2)6-11-4-5-13(7-12(11)8-17)21-16-18-10(3)14(22-16)15(19)20/h4-5,7,9H,6H2,1-3H3,(H,19,20). The molecule has 114 valence electrons. The molecular formula is C16H16N2O3S. The number of ether oxygens (including phenoxy) is 1. The van der Waals surface area contributed by atoms with Gasteiger partial charge in [0.15, 0.2) is 0 Å². The summed E-state index contributed by atoms with van der Waals surface area (Å²) in [7, 11) is 0. The lowest BCUT2D eigenvalue weighted by Gasteiger charge is -2.09. The molecule has 0 saturated heterocycles. The van der Waals surface area contributed by atoms with E-state index in [0.29, 0.717) is 22.9 Å². The first-order valence-corrected chi connectivity index (χ1v) is 7.64. The van der Waals surface area contributed by atoms with Gasteiger partial charge in [-0.3, -0.25) is 0 Å². The smallest absolute Gasteiger partial charge is 0.347 e. The van der Waals surface area contributed by atoms with Crippen LogP contribution in [0.2, 0.25) is 0 Å². The van der Waals surface area contributed by atoms with Crippen molar-refractivity contribution in [1.29, 1.82) is 5.26 Å². The molecule has 1 heterocycles. The van der Waals surface area contributed by atoms with Gasteiger partial charge >= 0.3 is 5.97 Å². The molecule has 0 amide bonds. The number of rotatable bonds is 5. The van der Waals surface area contributed by atoms with Crippen LogP contribution in [0.3, 0.4) is 0 Å². The van der Waals surface area contributed by atoms with Gasteiger partial charge in [0.25, 0.3) is 5.19 Å². The zero-order valence-corrected chi connectivity index (χ0v) is 13.4. The van der Waals surface area contributed by atoms with Crippen LogP contribution in [-0.4, -0.2) is 16.1 Å². The third-order valence-electron chi connectivity index (χ3n) is 3.01. The molecule has 0 fully saturated rings. The number of aryl methyl sites for hydroxylation is 1. The highest BCUT2D eigenvalue weighted by Gasteiger charge is 2.16. The summed E-state index contributed by atoms with van der Waals surface area (Å²) in [5.41, 5.74) is 1.97. The lowest BCUT2D eigenvalue weighted by atomic mass is 9.98. The van der Waals surface area contributed by atoms with E-state index in [4.69, 9.17) is 9.84 Å². The lowest BCUT2D eigenvalue weighted by Crippen LogP contribution is -1.97. The predicted molar refractivity (Wildman–Crippen MR) is 83.6 cm³/mol. The van der Waals surface area contributed by atoms with Crippen LogP contribution in [0.4, 0.5) is 0 Å². The van der Waals surface area contributed by atoms with Gasteiger partial charge in [-0.15, -0.1) is 0 Å². The predicted octanol–water partition coefficient (Wildman–Crippen LogP) is 4.01. The van der Waals surface area contributed by atoms with Gasteiger partial charge in [0.2, 0.25) is 0 Å². The van der Waals surface area contributed by atoms with E-state index in [9.17, 15) is 10.1 Å². The van der Waals surface area contributed by atoms with Gasteiger partial charge in [0, 0.05) is 0 Å². The van der Waals surface area contributed by atoms with Crippen LogP contribution in [0.25, 0.3) is 0 Å². The molecule has 2 rings (SSSR count). The normalized spacial score (nSPS) is 10.5. The Labute approximate surface area is 132 Å². The number of hydrogen-bond donors (Lipinski definition) is 1. The van der Waals surface area contributed by atoms with Gasteiger partial charge in [-0.05, 0) is 37.0 Å². The fourth-order valence-electron chi connectivity index (χ4n) is 2.06. The van der Waals surface area contributed by atoms with Crippen LogP contribution >= 0.6 is 11.3 Å². The number of aromatic carboxylic acids is 1. The van der Waals surface area contributed by atoms with Gasteiger partial charge in [-0.25, -0.2) is 9.78 Å². The van der Waals surface area contributed by atoms with Crippen molar-refractivity contribution in [1.82, 2.24) is 4.98 Å². The van der Waals surface area contributed by atoms with Gasteiger partial charge < -0.3 is 9.84 Å². The van der Waals surface area contributed by atoms with Crippen LogP contribution < -0.4 is 4.74 Å². The van der Waals surface area contributed by atoms with Crippen molar-refractivity contribution in [2.45, 2.75) is 27.2 Å². The second kappa shape index (κ2) is 6.58. The molecule has 0 bridgehead atoms. The second-order valence-corrected chi connectivity index (χ2v) is 6.29. The maximum absolute atomic E-state index is 11.0. The topological polar surface area (TPSA) is 83.2 Å². The summed E-state index contributed by atoms with van der Waals surface area (Å²) < 4.78 is 5.59. The fourth-order valence-corrected chi connectivity index (χ4v) is 2.83. The third-order valence-corrected chi connectivity index (χ3v) is 4.03. The summed E-state index contributed by atoms with van der Waals surface area (Å²) in [6, 6.07) is 7.47. The number of nitriles is 1. The first kappa shape index (κ1) is 16.0. The van der Waals surface area contributed by atoms with E-state index in [2.05, 4.69) is 24.9 Å². The van der Waals surface area contributed by atoms with Gasteiger partial charge in [-0.2, -0.15) is 5.26 Å². The molecular weight excluding hydrogens is 300 g/mol. The van der Waals surface area contributed by atoms with Crippen LogP contribution in [0.1, 0.15) is 40.3 Å². The second-order valence-electron chi connectivity index (χ2n) is 5.33. The van der Waals surface area contributed by atoms with Crippen molar-refractivity contribution < 1.29 is 14.6 Å². The number of carboxylic acid groups (broad SMARTS) is 1. The van der Waals surface area contributed by atoms with E-state index in [-0.39, 0.29) is 10.1 Å². The highest BCUT2D eigenvalue weighted by molar-refractivity contribution is 7.15. The Morgan fingerprint density at radius 3 is 2.77 bits per heavy atom. The Hall–Kier alpha value is -2.39. The number of carboxylic acids is 1. The molecule has 5 nitrogen and oxygen atoms in total. The fraction of sp³-hybridized carbons (Fsp3) is 0.312. The van der Waals surface area contributed by atoms with Crippen LogP contribution in [0.15, 0.2) is 18.2 Å². The molecule has 22 heavy (non-hydrogen) atoms. The average Bonchev–Trinajstić information content (AvgIpc) is 2.81. The minimum Gasteiger partial charge on any atom is -0.477 e. The number of nitrogens with zero attached hydrogens (tertiary/aromatic N) is 2. The summed E-state index contributed by atoms with van der Waals surface area (Å²) >= 11 is 0.975. The highest BCUT2D eigenvalue weighted by Crippen LogP contribution is 2.30. The SMILES string of the molecule is Cc1nc(Oc2ccc(CC(C)C)c(C#N)c2)sc1C(=O)O. The molecule has 0 unspecified atom stereocenters. The monoisotopic (exact) mass is 316 g/mol. The van der Waals surface area contributed by atoms with E-state index in [1.54, 1.807) is 19.1 Å². The van der Waals surface area contributed by atoms with Crippen molar-refractivity contribution in [3.63, 3.8) is 0 Å². The largest absolute Gasteiger partial charge is 0.477 e. The van der Waals surface area contributed by atoms with Crippen molar-refractivity contribution >= 4 is 17.3 Å². The molecule has 0 spiro atoms. The van der Waals surface area contributed by atoms with Crippen molar-refractivity contribution in [2.24, 2.45) is 5.92 Å². The molecule has 0 saturated carbocycles. The van der Waals surface area contributed by atoms with E-state index < -0.39 is 5.97 Å². The van der Waals surface area contributed by atoms with Gasteiger partial charge in [0.05, 0.1) is 17.3 Å². The van der Waals surface area contributed by atoms with Crippen molar-refractivity contribution in [3.8, 4) is 17.0 Å². The molecule has 0 aliphatic rings. The maximum atomic E-state index is 11.0. The molecule has 1 aromatic carbocycles. The number of aromatic nitrogens is 1. The zero-order valence-electron chi connectivity index (χ0n) is 12.6. The Morgan fingerprint density at radius 1 is 1.50 bits per heavy atom. The third kappa shape index (κ3) is 3.62. The summed E-state index contributed by atoms with van der Waals surface area (Å²) in [4.78, 5) is 15.3. The molecule has 6 heteroatoms. The van der Waals surface area contributed by atoms with Crippen molar-refractivity contribution in [3.05, 3.63) is 39.9 Å². The Morgan fingerprint density at radius 2 is 2.23 bits per heavy atom. The van der Waals surface area contributed by atoms with Gasteiger partial charge in [-0.1, -0.05) is 31.3 Å². The van der Waals surface area contributed by atoms with E-state index in [0.717, 1.165) is 23.3 Å². The minimum atomic E-state index is -1.02. The Kier molecular flexibility index (Phi) is 4.78. The summed E-state index contributed by atoms with van der Waals surface area (Å²) in [6.45, 7) is 5.81. The van der Waals surface area contributed by atoms with Crippen LogP contribution in [0.5, 0.6) is 10.9 Å². The minimum absolute atomic E-state index is 0.159. The molecule has 1 N–H and O–H groups in total. The van der Waals surface area contributed by atoms with E-state index in [1.807, 2.05) is 6.07 Å². The molecule has 2 aromatic rings. The number of thiazole rings is 1.